The van der Waals surface area contributed by atoms with Crippen LogP contribution in [0.3, 0.4) is 0 Å². The lowest BCUT2D eigenvalue weighted by atomic mass is 9.89. The molecule has 0 amide bonds. The average Bonchev–Trinajstić information content (AvgIpc) is 2.84. The third kappa shape index (κ3) is 3.55. The molecule has 3 rings (SSSR count). The predicted octanol–water partition coefficient (Wildman–Crippen LogP) is 4.31. The fourth-order valence-corrected chi connectivity index (χ4v) is 3.54. The highest BCUT2D eigenvalue weighted by Crippen LogP contribution is 2.26. The SMILES string of the molecule is O=c1onc(Cc2ccc(Cl)cc2Cl)n1CC1CCCCC1. The van der Waals surface area contributed by atoms with Crippen molar-refractivity contribution in [1.82, 2.24) is 9.72 Å². The van der Waals surface area contributed by atoms with E-state index in [0.29, 0.717) is 34.8 Å². The maximum absolute atomic E-state index is 11.9. The summed E-state index contributed by atoms with van der Waals surface area (Å²) >= 11 is 12.1. The van der Waals surface area contributed by atoms with Crippen LogP contribution in [0.5, 0.6) is 0 Å². The lowest BCUT2D eigenvalue weighted by Gasteiger charge is -2.21. The van der Waals surface area contributed by atoms with E-state index in [2.05, 4.69) is 5.16 Å². The van der Waals surface area contributed by atoms with Gasteiger partial charge >= 0.3 is 5.76 Å². The van der Waals surface area contributed by atoms with Crippen molar-refractivity contribution in [3.05, 3.63) is 50.2 Å². The van der Waals surface area contributed by atoms with Crippen molar-refractivity contribution < 1.29 is 4.52 Å². The first kappa shape index (κ1) is 15.6. The summed E-state index contributed by atoms with van der Waals surface area (Å²) in [5.74, 6) is 0.774. The summed E-state index contributed by atoms with van der Waals surface area (Å²) in [6.07, 6.45) is 6.57. The smallest absolute Gasteiger partial charge is 0.296 e. The lowest BCUT2D eigenvalue weighted by Crippen LogP contribution is -2.23. The molecule has 0 spiro atoms. The van der Waals surface area contributed by atoms with E-state index in [1.165, 1.54) is 32.1 Å². The van der Waals surface area contributed by atoms with Gasteiger partial charge in [-0.1, -0.05) is 53.7 Å². The first-order valence-electron chi connectivity index (χ1n) is 7.63. The Hall–Kier alpha value is -1.26. The fraction of sp³-hybridized carbons (Fsp3) is 0.500. The quantitative estimate of drug-likeness (QED) is 0.832. The molecule has 1 heterocycles. The summed E-state index contributed by atoms with van der Waals surface area (Å²) in [6, 6.07) is 5.34. The molecule has 22 heavy (non-hydrogen) atoms. The zero-order chi connectivity index (χ0) is 15.5. The number of benzene rings is 1. The second kappa shape index (κ2) is 6.88. The van der Waals surface area contributed by atoms with Crippen molar-refractivity contribution in [3.63, 3.8) is 0 Å². The Bertz CT molecular complexity index is 702. The van der Waals surface area contributed by atoms with E-state index in [-0.39, 0.29) is 5.76 Å². The highest BCUT2D eigenvalue weighted by Gasteiger charge is 2.19. The molecular weight excluding hydrogens is 323 g/mol. The molecule has 1 saturated carbocycles. The fourth-order valence-electron chi connectivity index (χ4n) is 3.07. The molecule has 1 fully saturated rings. The van der Waals surface area contributed by atoms with Gasteiger partial charge < -0.3 is 0 Å². The highest BCUT2D eigenvalue weighted by atomic mass is 35.5. The number of hydrogen-bond acceptors (Lipinski definition) is 3. The highest BCUT2D eigenvalue weighted by molar-refractivity contribution is 6.35. The molecule has 1 aromatic heterocycles. The largest absolute Gasteiger partial charge is 0.441 e. The summed E-state index contributed by atoms with van der Waals surface area (Å²) in [5, 5.41) is 5.09. The first-order valence-corrected chi connectivity index (χ1v) is 8.38. The van der Waals surface area contributed by atoms with E-state index in [4.69, 9.17) is 27.7 Å². The monoisotopic (exact) mass is 340 g/mol. The van der Waals surface area contributed by atoms with Crippen LogP contribution in [0, 0.1) is 5.92 Å². The van der Waals surface area contributed by atoms with Crippen molar-refractivity contribution >= 4 is 23.2 Å². The Morgan fingerprint density at radius 1 is 1.23 bits per heavy atom. The molecule has 118 valence electrons. The zero-order valence-electron chi connectivity index (χ0n) is 12.2. The average molecular weight is 341 g/mol. The molecular formula is C16H18Cl2N2O2. The molecule has 1 aliphatic carbocycles. The van der Waals surface area contributed by atoms with Gasteiger partial charge in [-0.15, -0.1) is 0 Å². The van der Waals surface area contributed by atoms with Crippen molar-refractivity contribution in [2.75, 3.05) is 0 Å². The topological polar surface area (TPSA) is 48.0 Å². The van der Waals surface area contributed by atoms with E-state index in [1.54, 1.807) is 16.7 Å². The van der Waals surface area contributed by atoms with Gasteiger partial charge in [0, 0.05) is 23.0 Å². The summed E-state index contributed by atoms with van der Waals surface area (Å²) in [6.45, 7) is 0.683. The second-order valence-electron chi connectivity index (χ2n) is 5.89. The maximum atomic E-state index is 11.9. The number of halogens is 2. The first-order chi connectivity index (χ1) is 10.6. The van der Waals surface area contributed by atoms with Gasteiger partial charge in [-0.2, -0.15) is 0 Å². The zero-order valence-corrected chi connectivity index (χ0v) is 13.7. The number of hydrogen-bond donors (Lipinski definition) is 0. The molecule has 2 aromatic rings. The van der Waals surface area contributed by atoms with Gasteiger partial charge in [0.05, 0.1) is 0 Å². The van der Waals surface area contributed by atoms with Crippen LogP contribution in [0.25, 0.3) is 0 Å². The number of rotatable bonds is 4. The third-order valence-corrected chi connectivity index (χ3v) is 4.88. The third-order valence-electron chi connectivity index (χ3n) is 4.29. The minimum absolute atomic E-state index is 0.384. The minimum atomic E-state index is -0.384. The maximum Gasteiger partial charge on any atom is 0.441 e. The van der Waals surface area contributed by atoms with Crippen molar-refractivity contribution in [2.24, 2.45) is 5.92 Å². The van der Waals surface area contributed by atoms with Crippen LogP contribution in [-0.2, 0) is 13.0 Å². The van der Waals surface area contributed by atoms with Gasteiger partial charge in [-0.05, 0) is 36.5 Å². The second-order valence-corrected chi connectivity index (χ2v) is 6.74. The summed E-state index contributed by atoms with van der Waals surface area (Å²) in [7, 11) is 0. The van der Waals surface area contributed by atoms with E-state index >= 15 is 0 Å². The normalized spacial score (nSPS) is 16.1. The number of nitrogens with zero attached hydrogens (tertiary/aromatic N) is 2. The van der Waals surface area contributed by atoms with E-state index in [9.17, 15) is 4.79 Å². The van der Waals surface area contributed by atoms with Crippen LogP contribution in [0.4, 0.5) is 0 Å². The Morgan fingerprint density at radius 3 is 2.73 bits per heavy atom. The van der Waals surface area contributed by atoms with Crippen LogP contribution in [0.15, 0.2) is 27.5 Å². The molecule has 0 saturated heterocycles. The Morgan fingerprint density at radius 2 is 2.00 bits per heavy atom. The Balaban J connectivity index is 1.80. The van der Waals surface area contributed by atoms with E-state index < -0.39 is 0 Å². The predicted molar refractivity (Wildman–Crippen MR) is 86.6 cm³/mol. The minimum Gasteiger partial charge on any atom is -0.296 e. The number of aromatic nitrogens is 2. The molecule has 1 aliphatic rings. The summed E-state index contributed by atoms with van der Waals surface area (Å²) in [4.78, 5) is 11.9. The molecule has 6 heteroatoms. The van der Waals surface area contributed by atoms with Gasteiger partial charge in [-0.25, -0.2) is 4.79 Å². The Kier molecular flexibility index (Phi) is 4.89. The Labute approximate surface area is 139 Å². The van der Waals surface area contributed by atoms with Crippen molar-refractivity contribution in [1.29, 1.82) is 0 Å². The van der Waals surface area contributed by atoms with Gasteiger partial charge in [0.25, 0.3) is 0 Å². The summed E-state index contributed by atoms with van der Waals surface area (Å²) in [5.41, 5.74) is 0.886. The van der Waals surface area contributed by atoms with Gasteiger partial charge in [0.1, 0.15) is 0 Å². The standard InChI is InChI=1S/C16H18Cl2N2O2/c17-13-7-6-12(14(18)9-13)8-15-19-22-16(21)20(15)10-11-4-2-1-3-5-11/h6-7,9,11H,1-5,8,10H2. The molecule has 1 aromatic carbocycles. The van der Waals surface area contributed by atoms with Gasteiger partial charge in [0.15, 0.2) is 5.82 Å². The van der Waals surface area contributed by atoms with Crippen molar-refractivity contribution in [3.8, 4) is 0 Å². The van der Waals surface area contributed by atoms with Crippen LogP contribution >= 0.6 is 23.2 Å². The van der Waals surface area contributed by atoms with Crippen LogP contribution in [0.1, 0.15) is 43.5 Å². The molecule has 0 unspecified atom stereocenters. The van der Waals surface area contributed by atoms with Gasteiger partial charge in [-0.3, -0.25) is 9.09 Å². The molecule has 4 nitrogen and oxygen atoms in total. The van der Waals surface area contributed by atoms with E-state index in [1.807, 2.05) is 6.07 Å². The molecule has 0 radical (unpaired) electrons. The molecule has 0 bridgehead atoms. The lowest BCUT2D eigenvalue weighted by molar-refractivity contribution is 0.303. The molecule has 0 atom stereocenters. The van der Waals surface area contributed by atoms with Crippen molar-refractivity contribution in [2.45, 2.75) is 45.1 Å². The van der Waals surface area contributed by atoms with E-state index in [0.717, 1.165) is 5.56 Å². The molecule has 0 aliphatic heterocycles. The molecule has 0 N–H and O–H groups in total. The van der Waals surface area contributed by atoms with Gasteiger partial charge in [0.2, 0.25) is 0 Å². The van der Waals surface area contributed by atoms with Crippen LogP contribution in [0.2, 0.25) is 10.0 Å². The van der Waals surface area contributed by atoms with Crippen LogP contribution in [-0.4, -0.2) is 9.72 Å². The summed E-state index contributed by atoms with van der Waals surface area (Å²) < 4.78 is 6.51. The van der Waals surface area contributed by atoms with Crippen LogP contribution < -0.4 is 5.76 Å².